The van der Waals surface area contributed by atoms with Crippen LogP contribution in [0.15, 0.2) is 78.9 Å². The minimum atomic E-state index is 0.529. The molecule has 0 aliphatic heterocycles. The lowest BCUT2D eigenvalue weighted by Crippen LogP contribution is -2.07. The van der Waals surface area contributed by atoms with Gasteiger partial charge < -0.3 is 10.6 Å². The molecule has 5 aromatic rings. The molecule has 0 spiro atoms. The highest BCUT2D eigenvalue weighted by atomic mass is 35.5. The standard InChI is InChI=1S/C24H18Cl2N6/c1-15-11-22(32(31-15)19-7-3-2-4-8-19)30-24-23(27-18-13-16(25)12-17(26)14-18)28-20-9-5-6-10-21(20)29-24/h2-14H,1H3,(H,27,28)(H,29,30). The quantitative estimate of drug-likeness (QED) is 0.298. The van der Waals surface area contributed by atoms with E-state index in [1.807, 2.05) is 72.3 Å². The van der Waals surface area contributed by atoms with Gasteiger partial charge in [-0.2, -0.15) is 5.10 Å². The van der Waals surface area contributed by atoms with Gasteiger partial charge in [-0.05, 0) is 49.4 Å². The topological polar surface area (TPSA) is 67.7 Å². The molecule has 6 nitrogen and oxygen atoms in total. The van der Waals surface area contributed by atoms with Crippen LogP contribution in [0, 0.1) is 6.92 Å². The molecule has 0 bridgehead atoms. The number of hydrogen-bond donors (Lipinski definition) is 2. The summed E-state index contributed by atoms with van der Waals surface area (Å²) >= 11 is 12.4. The lowest BCUT2D eigenvalue weighted by Gasteiger charge is -2.15. The Morgan fingerprint density at radius 2 is 1.31 bits per heavy atom. The number of benzene rings is 3. The molecule has 0 saturated carbocycles. The van der Waals surface area contributed by atoms with E-state index in [0.717, 1.165) is 28.2 Å². The summed E-state index contributed by atoms with van der Waals surface area (Å²) in [7, 11) is 0. The van der Waals surface area contributed by atoms with Crippen LogP contribution in [0.4, 0.5) is 23.1 Å². The number of aryl methyl sites for hydroxylation is 1. The number of anilines is 4. The molecule has 158 valence electrons. The molecule has 5 rings (SSSR count). The van der Waals surface area contributed by atoms with E-state index < -0.39 is 0 Å². The van der Waals surface area contributed by atoms with E-state index in [9.17, 15) is 0 Å². The highest BCUT2D eigenvalue weighted by molar-refractivity contribution is 6.35. The van der Waals surface area contributed by atoms with Gasteiger partial charge in [0.15, 0.2) is 11.6 Å². The number of halogens is 2. The molecule has 32 heavy (non-hydrogen) atoms. The van der Waals surface area contributed by atoms with Crippen molar-refractivity contribution in [1.82, 2.24) is 19.7 Å². The van der Waals surface area contributed by atoms with Gasteiger partial charge in [-0.15, -0.1) is 0 Å². The fraction of sp³-hybridized carbons (Fsp3) is 0.0417. The predicted molar refractivity (Wildman–Crippen MR) is 131 cm³/mol. The Bertz CT molecular complexity index is 1390. The second kappa shape index (κ2) is 8.49. The maximum absolute atomic E-state index is 6.18. The lowest BCUT2D eigenvalue weighted by atomic mass is 10.3. The van der Waals surface area contributed by atoms with Gasteiger partial charge in [0.05, 0.1) is 22.4 Å². The number of hydrogen-bond acceptors (Lipinski definition) is 5. The zero-order valence-corrected chi connectivity index (χ0v) is 18.6. The third kappa shape index (κ3) is 4.23. The average Bonchev–Trinajstić information content (AvgIpc) is 3.14. The number of fused-ring (bicyclic) bond motifs is 1. The van der Waals surface area contributed by atoms with Crippen molar-refractivity contribution in [3.8, 4) is 5.69 Å². The van der Waals surface area contributed by atoms with Gasteiger partial charge in [0.25, 0.3) is 0 Å². The van der Waals surface area contributed by atoms with E-state index in [-0.39, 0.29) is 0 Å². The van der Waals surface area contributed by atoms with Crippen LogP contribution in [-0.4, -0.2) is 19.7 Å². The maximum atomic E-state index is 6.18. The molecule has 0 unspecified atom stereocenters. The molecular weight excluding hydrogens is 443 g/mol. The molecule has 8 heteroatoms. The number of nitrogens with one attached hydrogen (secondary N) is 2. The van der Waals surface area contributed by atoms with Crippen LogP contribution < -0.4 is 10.6 Å². The van der Waals surface area contributed by atoms with E-state index in [2.05, 4.69) is 15.7 Å². The van der Waals surface area contributed by atoms with Crippen LogP contribution in [-0.2, 0) is 0 Å². The maximum Gasteiger partial charge on any atom is 0.175 e. The third-order valence-corrected chi connectivity index (χ3v) is 5.21. The van der Waals surface area contributed by atoms with Crippen molar-refractivity contribution in [1.29, 1.82) is 0 Å². The first-order valence-corrected chi connectivity index (χ1v) is 10.7. The number of aromatic nitrogens is 4. The van der Waals surface area contributed by atoms with Gasteiger partial charge in [0, 0.05) is 21.8 Å². The smallest absolute Gasteiger partial charge is 0.175 e. The number of rotatable bonds is 5. The fourth-order valence-corrected chi connectivity index (χ4v) is 3.94. The highest BCUT2D eigenvalue weighted by Crippen LogP contribution is 2.31. The highest BCUT2D eigenvalue weighted by Gasteiger charge is 2.14. The van der Waals surface area contributed by atoms with Crippen molar-refractivity contribution >= 4 is 57.4 Å². The second-order valence-corrected chi connectivity index (χ2v) is 8.11. The Morgan fingerprint density at radius 3 is 1.97 bits per heavy atom. The van der Waals surface area contributed by atoms with Gasteiger partial charge in [-0.3, -0.25) is 0 Å². The largest absolute Gasteiger partial charge is 0.337 e. The molecule has 2 aromatic heterocycles. The van der Waals surface area contributed by atoms with E-state index >= 15 is 0 Å². The molecule has 3 aromatic carbocycles. The molecule has 0 fully saturated rings. The van der Waals surface area contributed by atoms with Crippen LogP contribution >= 0.6 is 23.2 Å². The van der Waals surface area contributed by atoms with E-state index in [4.69, 9.17) is 33.2 Å². The van der Waals surface area contributed by atoms with Crippen molar-refractivity contribution in [2.24, 2.45) is 0 Å². The summed E-state index contributed by atoms with van der Waals surface area (Å²) in [6.07, 6.45) is 0. The Morgan fingerprint density at radius 1 is 0.719 bits per heavy atom. The van der Waals surface area contributed by atoms with Crippen molar-refractivity contribution in [2.45, 2.75) is 6.92 Å². The number of para-hydroxylation sites is 3. The molecule has 0 amide bonds. The fourth-order valence-electron chi connectivity index (χ4n) is 3.41. The van der Waals surface area contributed by atoms with Gasteiger partial charge in [-0.25, -0.2) is 14.6 Å². The zero-order valence-electron chi connectivity index (χ0n) is 17.1. The molecule has 0 aliphatic rings. The Hall–Kier alpha value is -3.61. The first-order chi connectivity index (χ1) is 15.5. The zero-order chi connectivity index (χ0) is 22.1. The van der Waals surface area contributed by atoms with E-state index in [0.29, 0.717) is 27.4 Å². The van der Waals surface area contributed by atoms with Crippen LogP contribution in [0.5, 0.6) is 0 Å². The van der Waals surface area contributed by atoms with E-state index in [1.54, 1.807) is 18.2 Å². The van der Waals surface area contributed by atoms with Crippen molar-refractivity contribution < 1.29 is 0 Å². The summed E-state index contributed by atoms with van der Waals surface area (Å²) in [6, 6.07) is 24.8. The van der Waals surface area contributed by atoms with Gasteiger partial charge in [-0.1, -0.05) is 53.5 Å². The normalized spacial score (nSPS) is 11.0. The van der Waals surface area contributed by atoms with Crippen molar-refractivity contribution in [3.63, 3.8) is 0 Å². The summed E-state index contributed by atoms with van der Waals surface area (Å²) in [6.45, 7) is 1.95. The Balaban J connectivity index is 1.60. The summed E-state index contributed by atoms with van der Waals surface area (Å²) in [5.74, 6) is 1.86. The van der Waals surface area contributed by atoms with E-state index in [1.165, 1.54) is 0 Å². The molecule has 2 N–H and O–H groups in total. The summed E-state index contributed by atoms with van der Waals surface area (Å²) in [5, 5.41) is 12.4. The summed E-state index contributed by atoms with van der Waals surface area (Å²) in [4.78, 5) is 9.60. The Labute approximate surface area is 194 Å². The van der Waals surface area contributed by atoms with Crippen LogP contribution in [0.25, 0.3) is 16.7 Å². The lowest BCUT2D eigenvalue weighted by molar-refractivity contribution is 0.868. The summed E-state index contributed by atoms with van der Waals surface area (Å²) in [5.41, 5.74) is 4.06. The monoisotopic (exact) mass is 460 g/mol. The van der Waals surface area contributed by atoms with Gasteiger partial charge in [0.2, 0.25) is 0 Å². The molecule has 2 heterocycles. The molecular formula is C24H18Cl2N6. The minimum absolute atomic E-state index is 0.529. The van der Waals surface area contributed by atoms with Crippen molar-refractivity contribution in [2.75, 3.05) is 10.6 Å². The first-order valence-electron chi connectivity index (χ1n) is 9.94. The third-order valence-electron chi connectivity index (χ3n) is 4.77. The minimum Gasteiger partial charge on any atom is -0.337 e. The SMILES string of the molecule is Cc1cc(Nc2nc3ccccc3nc2Nc2cc(Cl)cc(Cl)c2)n(-c2ccccc2)n1. The van der Waals surface area contributed by atoms with Crippen molar-refractivity contribution in [3.05, 3.63) is 94.6 Å². The predicted octanol–water partition coefficient (Wildman–Crippen LogP) is 6.92. The Kier molecular flexibility index (Phi) is 5.39. The molecule has 0 aliphatic carbocycles. The summed E-state index contributed by atoms with van der Waals surface area (Å²) < 4.78 is 1.84. The average molecular weight is 461 g/mol. The number of nitrogens with zero attached hydrogens (tertiary/aromatic N) is 4. The second-order valence-electron chi connectivity index (χ2n) is 7.24. The first kappa shape index (κ1) is 20.3. The molecule has 0 saturated heterocycles. The van der Waals surface area contributed by atoms with Crippen LogP contribution in [0.2, 0.25) is 10.0 Å². The molecule has 0 radical (unpaired) electrons. The van der Waals surface area contributed by atoms with Crippen LogP contribution in [0.1, 0.15) is 5.69 Å². The molecule has 0 atom stereocenters. The van der Waals surface area contributed by atoms with Crippen LogP contribution in [0.3, 0.4) is 0 Å². The van der Waals surface area contributed by atoms with Gasteiger partial charge in [0.1, 0.15) is 5.82 Å². The van der Waals surface area contributed by atoms with Gasteiger partial charge >= 0.3 is 0 Å².